The van der Waals surface area contributed by atoms with Gasteiger partial charge in [0.25, 0.3) is 5.91 Å². The Morgan fingerprint density at radius 1 is 1.13 bits per heavy atom. The van der Waals surface area contributed by atoms with Crippen molar-refractivity contribution in [2.45, 2.75) is 68.0 Å². The number of Topliss-reactive ketones (excluding diaryl/α,β-unsaturated/α-hetero) is 1. The Kier molecular flexibility index (Phi) is 8.82. The zero-order valence-electron chi connectivity index (χ0n) is 19.9. The number of ketones is 1. The normalized spacial score (nSPS) is 21.1. The van der Waals surface area contributed by atoms with Gasteiger partial charge in [-0.25, -0.2) is 0 Å². The van der Waals surface area contributed by atoms with Crippen LogP contribution in [0.4, 0.5) is 32.0 Å². The number of benzene rings is 1. The summed E-state index contributed by atoms with van der Waals surface area (Å²) in [5.41, 5.74) is 4.63. The van der Waals surface area contributed by atoms with E-state index >= 15 is 0 Å². The largest absolute Gasteiger partial charge is 0.408 e. The van der Waals surface area contributed by atoms with Crippen molar-refractivity contribution in [1.29, 1.82) is 0 Å². The summed E-state index contributed by atoms with van der Waals surface area (Å²) in [5.74, 6) is -7.87. The van der Waals surface area contributed by atoms with Crippen LogP contribution in [0.25, 0.3) is 0 Å². The maximum absolute atomic E-state index is 13.3. The Balaban J connectivity index is 2.07. The number of alkyl halides is 7. The number of nitrogens with two attached hydrogens (primary N) is 1. The topological polar surface area (TPSA) is 139 Å². The fourth-order valence-corrected chi connectivity index (χ4v) is 4.38. The fourth-order valence-electron chi connectivity index (χ4n) is 4.10. The van der Waals surface area contributed by atoms with Crippen molar-refractivity contribution < 1.29 is 50.3 Å². The van der Waals surface area contributed by atoms with E-state index in [0.717, 1.165) is 12.1 Å². The van der Waals surface area contributed by atoms with E-state index in [1.807, 2.05) is 0 Å². The first-order valence-corrected chi connectivity index (χ1v) is 12.1. The summed E-state index contributed by atoms with van der Waals surface area (Å²) in [6, 6.07) is -0.276. The lowest BCUT2D eigenvalue weighted by molar-refractivity contribution is -0.155. The van der Waals surface area contributed by atoms with Gasteiger partial charge in [-0.2, -0.15) is 26.3 Å². The molecule has 0 spiro atoms. The second-order valence-corrected chi connectivity index (χ2v) is 9.84. The quantitative estimate of drug-likeness (QED) is 0.220. The zero-order chi connectivity index (χ0) is 29.3. The molecule has 16 heteroatoms. The summed E-state index contributed by atoms with van der Waals surface area (Å²) >= 11 is 5.77. The summed E-state index contributed by atoms with van der Waals surface area (Å²) < 4.78 is 78.9. The van der Waals surface area contributed by atoms with Gasteiger partial charge in [-0.15, -0.1) is 11.6 Å². The fraction of sp³-hybridized carbons (Fsp3) is 0.522. The van der Waals surface area contributed by atoms with Crippen LogP contribution >= 0.6 is 11.6 Å². The predicted molar refractivity (Wildman–Crippen MR) is 123 cm³/mol. The van der Waals surface area contributed by atoms with Crippen molar-refractivity contribution >= 4 is 46.7 Å². The molecular formula is C23H23ClF6N4O5. The van der Waals surface area contributed by atoms with Crippen molar-refractivity contribution in [3.63, 3.8) is 0 Å². The Bertz CT molecular complexity index is 1160. The van der Waals surface area contributed by atoms with E-state index in [-0.39, 0.29) is 17.3 Å². The van der Waals surface area contributed by atoms with Gasteiger partial charge in [-0.3, -0.25) is 24.0 Å². The van der Waals surface area contributed by atoms with Gasteiger partial charge in [0.2, 0.25) is 23.5 Å². The summed E-state index contributed by atoms with van der Waals surface area (Å²) in [7, 11) is 0. The lowest BCUT2D eigenvalue weighted by Gasteiger charge is -2.33. The molecule has 3 rings (SSSR count). The number of hydrogen-bond donors (Lipinski definition) is 3. The van der Waals surface area contributed by atoms with E-state index in [0.29, 0.717) is 17.7 Å². The molecule has 39 heavy (non-hydrogen) atoms. The Morgan fingerprint density at radius 2 is 1.77 bits per heavy atom. The van der Waals surface area contributed by atoms with Crippen molar-refractivity contribution in [2.75, 3.05) is 4.90 Å². The Hall–Kier alpha value is -3.36. The molecule has 4 amide bonds. The highest BCUT2D eigenvalue weighted by Gasteiger charge is 2.50. The zero-order valence-corrected chi connectivity index (χ0v) is 20.7. The molecule has 1 saturated carbocycles. The summed E-state index contributed by atoms with van der Waals surface area (Å²) in [5, 5.41) is 1.75. The molecule has 2 fully saturated rings. The van der Waals surface area contributed by atoms with Crippen LogP contribution in [0, 0.1) is 5.92 Å². The van der Waals surface area contributed by atoms with Crippen LogP contribution in [0.3, 0.4) is 0 Å². The third-order valence-corrected chi connectivity index (χ3v) is 6.53. The third kappa shape index (κ3) is 7.83. The van der Waals surface area contributed by atoms with Crippen molar-refractivity contribution in [2.24, 2.45) is 11.7 Å². The Morgan fingerprint density at radius 3 is 2.28 bits per heavy atom. The third-order valence-electron chi connectivity index (χ3n) is 6.19. The first kappa shape index (κ1) is 30.2. The Labute approximate surface area is 222 Å². The smallest absolute Gasteiger partial charge is 0.366 e. The highest BCUT2D eigenvalue weighted by Crippen LogP contribution is 2.35. The van der Waals surface area contributed by atoms with E-state index in [1.165, 1.54) is 12.1 Å². The molecule has 214 valence electrons. The van der Waals surface area contributed by atoms with Crippen LogP contribution in [0.15, 0.2) is 24.3 Å². The minimum atomic E-state index is -4.93. The predicted octanol–water partition coefficient (Wildman–Crippen LogP) is 2.35. The monoisotopic (exact) mass is 584 g/mol. The first-order chi connectivity index (χ1) is 18.0. The maximum Gasteiger partial charge on any atom is 0.408 e. The van der Waals surface area contributed by atoms with Crippen molar-refractivity contribution in [3.05, 3.63) is 29.8 Å². The van der Waals surface area contributed by atoms with Crippen LogP contribution < -0.4 is 21.3 Å². The highest BCUT2D eigenvalue weighted by atomic mass is 35.5. The molecule has 4 N–H and O–H groups in total. The van der Waals surface area contributed by atoms with Gasteiger partial charge in [-0.05, 0) is 43.9 Å². The second-order valence-electron chi connectivity index (χ2n) is 9.31. The van der Waals surface area contributed by atoms with E-state index in [4.69, 9.17) is 17.3 Å². The molecule has 1 heterocycles. The second kappa shape index (κ2) is 11.4. The van der Waals surface area contributed by atoms with Gasteiger partial charge in [0.15, 0.2) is 0 Å². The molecule has 4 atom stereocenters. The van der Waals surface area contributed by atoms with Crippen LogP contribution in [-0.2, 0) is 19.2 Å². The van der Waals surface area contributed by atoms with Crippen molar-refractivity contribution in [3.8, 4) is 0 Å². The van der Waals surface area contributed by atoms with Gasteiger partial charge in [-0.1, -0.05) is 6.07 Å². The molecule has 0 aromatic heterocycles. The number of carbonyl (C=O) groups excluding carboxylic acids is 5. The molecule has 1 aromatic carbocycles. The summed E-state index contributed by atoms with van der Waals surface area (Å²) in [6.07, 6.45) is -12.3. The molecule has 1 aliphatic heterocycles. The molecule has 0 bridgehead atoms. The highest BCUT2D eigenvalue weighted by molar-refractivity contribution is 6.40. The summed E-state index contributed by atoms with van der Waals surface area (Å²) in [4.78, 5) is 63.8. The average Bonchev–Trinajstić information content (AvgIpc) is 3.55. The molecule has 1 saturated heterocycles. The molecule has 2 aliphatic rings. The van der Waals surface area contributed by atoms with E-state index in [9.17, 15) is 50.3 Å². The number of halogens is 7. The lowest BCUT2D eigenvalue weighted by atomic mass is 9.91. The minimum Gasteiger partial charge on any atom is -0.366 e. The van der Waals surface area contributed by atoms with E-state index < -0.39 is 84.4 Å². The molecule has 1 aliphatic carbocycles. The van der Waals surface area contributed by atoms with E-state index in [2.05, 4.69) is 5.32 Å². The lowest BCUT2D eigenvalue weighted by Crippen LogP contribution is -2.54. The van der Waals surface area contributed by atoms with Gasteiger partial charge in [0.05, 0.1) is 6.42 Å². The van der Waals surface area contributed by atoms with Gasteiger partial charge in [0, 0.05) is 23.2 Å². The van der Waals surface area contributed by atoms with Crippen molar-refractivity contribution in [1.82, 2.24) is 10.6 Å². The van der Waals surface area contributed by atoms with Gasteiger partial charge < -0.3 is 21.3 Å². The standard InChI is InChI=1S/C23H23ClF6N4O5/c24-14(9-22(25,26)27)21(39)34(13-3-1-2-10(6-13)18(31)36)15(17(35)20(38)32-12-4-5-12)7-11-8-16(23(28,29)30)33-19(11)37/h1-3,6,11-12,14-16H,4-5,7-9H2,(H2,31,36)(H,32,38)(H,33,37)/t11-,14?,15-,16-/m0/s1. The summed E-state index contributed by atoms with van der Waals surface area (Å²) in [6.45, 7) is 0. The SMILES string of the molecule is NC(=O)c1cccc(N(C(=O)C(Cl)CC(F)(F)F)[C@@H](C[C@H]2C[C@@H](C(F)(F)F)NC2=O)C(=O)C(=O)NC2CC2)c1. The van der Waals surface area contributed by atoms with E-state index in [1.54, 1.807) is 5.32 Å². The van der Waals surface area contributed by atoms with Gasteiger partial charge in [0.1, 0.15) is 17.5 Å². The van der Waals surface area contributed by atoms with Crippen LogP contribution in [-0.4, -0.2) is 65.3 Å². The van der Waals surface area contributed by atoms with Gasteiger partial charge >= 0.3 is 12.4 Å². The molecule has 1 aromatic rings. The molecule has 1 unspecified atom stereocenters. The number of amides is 4. The van der Waals surface area contributed by atoms with Crippen LogP contribution in [0.2, 0.25) is 0 Å². The number of primary amides is 1. The van der Waals surface area contributed by atoms with Crippen LogP contribution in [0.1, 0.15) is 42.5 Å². The van der Waals surface area contributed by atoms with Crippen LogP contribution in [0.5, 0.6) is 0 Å². The number of carbonyl (C=O) groups is 5. The average molecular weight is 585 g/mol. The number of rotatable bonds is 10. The first-order valence-electron chi connectivity index (χ1n) is 11.6. The number of nitrogens with one attached hydrogen (secondary N) is 2. The molecule has 9 nitrogen and oxygen atoms in total. The molecule has 0 radical (unpaired) electrons. The maximum atomic E-state index is 13.3. The number of hydrogen-bond acceptors (Lipinski definition) is 5. The molecular weight excluding hydrogens is 562 g/mol. The minimum absolute atomic E-state index is 0.239. The number of anilines is 1. The number of nitrogens with zero attached hydrogens (tertiary/aromatic N) is 1.